The molecular weight excluding hydrogens is 306 g/mol. The molecule has 128 valence electrons. The molecule has 1 amide bonds. The number of imidazole rings is 1. The van der Waals surface area contributed by atoms with Gasteiger partial charge in [0.1, 0.15) is 5.82 Å². The second-order valence-corrected chi connectivity index (χ2v) is 6.32. The molecule has 2 heterocycles. The van der Waals surface area contributed by atoms with Crippen molar-refractivity contribution in [2.75, 3.05) is 13.7 Å². The van der Waals surface area contributed by atoms with Crippen LogP contribution in [-0.2, 0) is 14.3 Å². The topological polar surface area (TPSA) is 75.3 Å². The number of carbonyl (C=O) groups is 2. The van der Waals surface area contributed by atoms with E-state index >= 15 is 0 Å². The van der Waals surface area contributed by atoms with Crippen molar-refractivity contribution in [1.82, 2.24) is 14.9 Å². The number of fused-ring (bicyclic) bond motifs is 1. The monoisotopic (exact) mass is 329 g/mol. The molecule has 0 radical (unpaired) electrons. The SMILES string of the molecule is COC(=O)CCCC(=O)N1CCCC1c1nc2ccc(C)cc2[nH]1. The van der Waals surface area contributed by atoms with E-state index in [1.54, 1.807) is 0 Å². The number of likely N-dealkylation sites (tertiary alicyclic amines) is 1. The third kappa shape index (κ3) is 3.42. The van der Waals surface area contributed by atoms with Crippen molar-refractivity contribution in [3.05, 3.63) is 29.6 Å². The van der Waals surface area contributed by atoms with E-state index in [2.05, 4.69) is 20.8 Å². The van der Waals surface area contributed by atoms with Crippen molar-refractivity contribution in [2.45, 2.75) is 45.1 Å². The second kappa shape index (κ2) is 7.03. The summed E-state index contributed by atoms with van der Waals surface area (Å²) in [6, 6.07) is 6.12. The Bertz CT molecular complexity index is 753. The lowest BCUT2D eigenvalue weighted by atomic mass is 10.2. The van der Waals surface area contributed by atoms with Crippen LogP contribution in [0.3, 0.4) is 0 Å². The van der Waals surface area contributed by atoms with Crippen LogP contribution in [0.15, 0.2) is 18.2 Å². The molecule has 0 saturated carbocycles. The molecule has 1 aliphatic rings. The molecule has 6 nitrogen and oxygen atoms in total. The summed E-state index contributed by atoms with van der Waals surface area (Å²) in [5, 5.41) is 0. The standard InChI is InChI=1S/C18H23N3O3/c1-12-8-9-13-14(11-12)20-18(19-13)15-5-4-10-21(15)16(22)6-3-7-17(23)24-2/h8-9,11,15H,3-7,10H2,1-2H3,(H,19,20). The summed E-state index contributed by atoms with van der Waals surface area (Å²) >= 11 is 0. The first kappa shape index (κ1) is 16.5. The highest BCUT2D eigenvalue weighted by Gasteiger charge is 2.31. The van der Waals surface area contributed by atoms with Crippen LogP contribution in [0, 0.1) is 6.92 Å². The lowest BCUT2D eigenvalue weighted by molar-refractivity contribution is -0.141. The summed E-state index contributed by atoms with van der Waals surface area (Å²) in [6.07, 6.45) is 3.06. The Kier molecular flexibility index (Phi) is 4.83. The van der Waals surface area contributed by atoms with E-state index in [1.165, 1.54) is 12.7 Å². The summed E-state index contributed by atoms with van der Waals surface area (Å²) in [5.74, 6) is 0.667. The number of esters is 1. The number of nitrogens with one attached hydrogen (secondary N) is 1. The fourth-order valence-corrected chi connectivity index (χ4v) is 3.28. The number of amides is 1. The van der Waals surface area contributed by atoms with Gasteiger partial charge in [-0.3, -0.25) is 9.59 Å². The van der Waals surface area contributed by atoms with Crippen LogP contribution in [0.1, 0.15) is 49.5 Å². The van der Waals surface area contributed by atoms with Crippen LogP contribution in [0.25, 0.3) is 11.0 Å². The fourth-order valence-electron chi connectivity index (χ4n) is 3.28. The van der Waals surface area contributed by atoms with Gasteiger partial charge < -0.3 is 14.6 Å². The number of aromatic amines is 1. The van der Waals surface area contributed by atoms with Gasteiger partial charge in [-0.15, -0.1) is 0 Å². The quantitative estimate of drug-likeness (QED) is 0.856. The summed E-state index contributed by atoms with van der Waals surface area (Å²) < 4.78 is 4.61. The highest BCUT2D eigenvalue weighted by atomic mass is 16.5. The Hall–Kier alpha value is -2.37. The average molecular weight is 329 g/mol. The minimum absolute atomic E-state index is 0.00309. The Balaban J connectivity index is 1.69. The van der Waals surface area contributed by atoms with Crippen LogP contribution in [0.5, 0.6) is 0 Å². The molecule has 1 fully saturated rings. The number of aromatic nitrogens is 2. The third-order valence-corrected chi connectivity index (χ3v) is 4.54. The average Bonchev–Trinajstić information content (AvgIpc) is 3.20. The zero-order valence-corrected chi connectivity index (χ0v) is 14.2. The molecule has 1 saturated heterocycles. The molecule has 1 N–H and O–H groups in total. The van der Waals surface area contributed by atoms with E-state index in [9.17, 15) is 9.59 Å². The Morgan fingerprint density at radius 1 is 1.38 bits per heavy atom. The zero-order valence-electron chi connectivity index (χ0n) is 14.2. The maximum absolute atomic E-state index is 12.5. The first-order valence-corrected chi connectivity index (χ1v) is 8.41. The van der Waals surface area contributed by atoms with Crippen molar-refractivity contribution < 1.29 is 14.3 Å². The molecule has 24 heavy (non-hydrogen) atoms. The van der Waals surface area contributed by atoms with E-state index in [-0.39, 0.29) is 24.3 Å². The first-order valence-electron chi connectivity index (χ1n) is 8.41. The molecule has 3 rings (SSSR count). The lowest BCUT2D eigenvalue weighted by Gasteiger charge is -2.23. The van der Waals surface area contributed by atoms with Gasteiger partial charge in [0.15, 0.2) is 0 Å². The Morgan fingerprint density at radius 2 is 2.21 bits per heavy atom. The minimum atomic E-state index is -0.270. The molecule has 1 unspecified atom stereocenters. The normalized spacial score (nSPS) is 17.4. The zero-order chi connectivity index (χ0) is 17.1. The lowest BCUT2D eigenvalue weighted by Crippen LogP contribution is -2.31. The molecule has 1 aliphatic heterocycles. The summed E-state index contributed by atoms with van der Waals surface area (Å²) in [5.41, 5.74) is 3.12. The van der Waals surface area contributed by atoms with Gasteiger partial charge in [0, 0.05) is 19.4 Å². The van der Waals surface area contributed by atoms with Crippen LogP contribution in [0.2, 0.25) is 0 Å². The number of hydrogen-bond donors (Lipinski definition) is 1. The van der Waals surface area contributed by atoms with E-state index in [4.69, 9.17) is 0 Å². The van der Waals surface area contributed by atoms with E-state index < -0.39 is 0 Å². The number of rotatable bonds is 5. The smallest absolute Gasteiger partial charge is 0.305 e. The number of ether oxygens (including phenoxy) is 1. The molecular formula is C18H23N3O3. The molecule has 1 aromatic carbocycles. The Labute approximate surface area is 141 Å². The van der Waals surface area contributed by atoms with Gasteiger partial charge >= 0.3 is 5.97 Å². The minimum Gasteiger partial charge on any atom is -0.469 e. The molecule has 2 aromatic rings. The first-order chi connectivity index (χ1) is 11.6. The number of H-pyrrole nitrogens is 1. The van der Waals surface area contributed by atoms with Crippen molar-refractivity contribution in [3.63, 3.8) is 0 Å². The van der Waals surface area contributed by atoms with Crippen molar-refractivity contribution in [2.24, 2.45) is 0 Å². The molecule has 1 aromatic heterocycles. The number of methoxy groups -OCH3 is 1. The van der Waals surface area contributed by atoms with Crippen molar-refractivity contribution in [3.8, 4) is 0 Å². The highest BCUT2D eigenvalue weighted by molar-refractivity contribution is 5.79. The van der Waals surface area contributed by atoms with Gasteiger partial charge in [0.25, 0.3) is 0 Å². The van der Waals surface area contributed by atoms with Gasteiger partial charge in [0.2, 0.25) is 5.91 Å². The summed E-state index contributed by atoms with van der Waals surface area (Å²) in [6.45, 7) is 2.80. The summed E-state index contributed by atoms with van der Waals surface area (Å²) in [7, 11) is 1.37. The molecule has 0 spiro atoms. The molecule has 0 aliphatic carbocycles. The number of carbonyl (C=O) groups excluding carboxylic acids is 2. The van der Waals surface area contributed by atoms with E-state index in [0.29, 0.717) is 12.8 Å². The maximum Gasteiger partial charge on any atom is 0.305 e. The van der Waals surface area contributed by atoms with Crippen LogP contribution in [-0.4, -0.2) is 40.4 Å². The molecule has 1 atom stereocenters. The maximum atomic E-state index is 12.5. The Morgan fingerprint density at radius 3 is 3.00 bits per heavy atom. The van der Waals surface area contributed by atoms with E-state index in [1.807, 2.05) is 24.0 Å². The highest BCUT2D eigenvalue weighted by Crippen LogP contribution is 2.32. The largest absolute Gasteiger partial charge is 0.469 e. The second-order valence-electron chi connectivity index (χ2n) is 6.32. The van der Waals surface area contributed by atoms with Crippen LogP contribution >= 0.6 is 0 Å². The van der Waals surface area contributed by atoms with Gasteiger partial charge in [-0.05, 0) is 43.9 Å². The van der Waals surface area contributed by atoms with Gasteiger partial charge in [-0.1, -0.05) is 6.07 Å². The van der Waals surface area contributed by atoms with Gasteiger partial charge in [-0.25, -0.2) is 4.98 Å². The van der Waals surface area contributed by atoms with Crippen molar-refractivity contribution in [1.29, 1.82) is 0 Å². The fraction of sp³-hybridized carbons (Fsp3) is 0.500. The predicted molar refractivity (Wildman–Crippen MR) is 90.4 cm³/mol. The third-order valence-electron chi connectivity index (χ3n) is 4.54. The van der Waals surface area contributed by atoms with Crippen molar-refractivity contribution >= 4 is 22.9 Å². The predicted octanol–water partition coefficient (Wildman–Crippen LogP) is 2.88. The summed E-state index contributed by atoms with van der Waals surface area (Å²) in [4.78, 5) is 33.6. The van der Waals surface area contributed by atoms with E-state index in [0.717, 1.165) is 36.2 Å². The number of hydrogen-bond acceptors (Lipinski definition) is 4. The number of benzene rings is 1. The number of aryl methyl sites for hydroxylation is 1. The van der Waals surface area contributed by atoms with Gasteiger partial charge in [-0.2, -0.15) is 0 Å². The van der Waals surface area contributed by atoms with Crippen LogP contribution in [0.4, 0.5) is 0 Å². The molecule has 0 bridgehead atoms. The molecule has 6 heteroatoms. The van der Waals surface area contributed by atoms with Crippen LogP contribution < -0.4 is 0 Å². The number of nitrogens with zero attached hydrogens (tertiary/aromatic N) is 2. The van der Waals surface area contributed by atoms with Gasteiger partial charge in [0.05, 0.1) is 24.2 Å².